The smallest absolute Gasteiger partial charge is 0.143 e. The Balaban J connectivity index is 2.35. The van der Waals surface area contributed by atoms with Crippen molar-refractivity contribution < 1.29 is 4.74 Å². The Labute approximate surface area is 120 Å². The fourth-order valence-electron chi connectivity index (χ4n) is 1.91. The van der Waals surface area contributed by atoms with Crippen LogP contribution in [-0.4, -0.2) is 16.3 Å². The lowest BCUT2D eigenvalue weighted by Crippen LogP contribution is -2.13. The van der Waals surface area contributed by atoms with E-state index in [1.807, 2.05) is 19.9 Å². The van der Waals surface area contributed by atoms with Gasteiger partial charge >= 0.3 is 0 Å². The van der Waals surface area contributed by atoms with Crippen LogP contribution >= 0.6 is 0 Å². The van der Waals surface area contributed by atoms with Crippen molar-refractivity contribution in [3.05, 3.63) is 36.0 Å². The first-order valence-corrected chi connectivity index (χ1v) is 6.94. The van der Waals surface area contributed by atoms with Gasteiger partial charge in [-0.3, -0.25) is 5.10 Å². The molecule has 1 heterocycles. The Morgan fingerprint density at radius 3 is 2.50 bits per heavy atom. The molecule has 2 aromatic rings. The number of aromatic amines is 1. The van der Waals surface area contributed by atoms with Gasteiger partial charge in [-0.2, -0.15) is 5.10 Å². The van der Waals surface area contributed by atoms with E-state index in [9.17, 15) is 0 Å². The SMILES string of the molecule is CC(C)Oc1cc(C(C)(C)C)ccc1Nc1ccn[nH]1. The van der Waals surface area contributed by atoms with Gasteiger partial charge in [0.1, 0.15) is 11.6 Å². The molecule has 0 aliphatic rings. The van der Waals surface area contributed by atoms with E-state index < -0.39 is 0 Å². The molecule has 0 amide bonds. The van der Waals surface area contributed by atoms with Crippen LogP contribution in [0.5, 0.6) is 5.75 Å². The third-order valence-electron chi connectivity index (χ3n) is 2.98. The lowest BCUT2D eigenvalue weighted by molar-refractivity contribution is 0.243. The van der Waals surface area contributed by atoms with Crippen LogP contribution < -0.4 is 10.1 Å². The number of rotatable bonds is 4. The molecular formula is C16H23N3O. The van der Waals surface area contributed by atoms with Crippen molar-refractivity contribution in [3.8, 4) is 5.75 Å². The van der Waals surface area contributed by atoms with E-state index in [1.54, 1.807) is 6.20 Å². The summed E-state index contributed by atoms with van der Waals surface area (Å²) in [6.45, 7) is 10.7. The lowest BCUT2D eigenvalue weighted by atomic mass is 9.87. The van der Waals surface area contributed by atoms with Crippen LogP contribution in [0.15, 0.2) is 30.5 Å². The minimum Gasteiger partial charge on any atom is -0.489 e. The highest BCUT2D eigenvalue weighted by molar-refractivity contribution is 5.65. The van der Waals surface area contributed by atoms with Gasteiger partial charge in [0, 0.05) is 6.07 Å². The van der Waals surface area contributed by atoms with E-state index in [1.165, 1.54) is 5.56 Å². The zero-order chi connectivity index (χ0) is 14.8. The summed E-state index contributed by atoms with van der Waals surface area (Å²) in [5.74, 6) is 1.71. The van der Waals surface area contributed by atoms with Crippen molar-refractivity contribution in [1.29, 1.82) is 0 Å². The maximum absolute atomic E-state index is 5.93. The number of anilines is 2. The molecule has 4 nitrogen and oxygen atoms in total. The standard InChI is InChI=1S/C16H23N3O/c1-11(2)20-14-10-12(16(3,4)5)6-7-13(14)18-15-8-9-17-19-15/h6-11H,1-5H3,(H2,17,18,19). The number of hydrogen-bond acceptors (Lipinski definition) is 3. The van der Waals surface area contributed by atoms with Crippen LogP contribution in [0, 0.1) is 0 Å². The molecule has 4 heteroatoms. The van der Waals surface area contributed by atoms with E-state index in [2.05, 4.69) is 54.5 Å². The molecule has 0 bridgehead atoms. The Bertz CT molecular complexity index is 554. The summed E-state index contributed by atoms with van der Waals surface area (Å²) in [6, 6.07) is 8.18. The Morgan fingerprint density at radius 1 is 1.20 bits per heavy atom. The predicted molar refractivity (Wildman–Crippen MR) is 82.8 cm³/mol. The van der Waals surface area contributed by atoms with Gasteiger partial charge in [-0.25, -0.2) is 0 Å². The van der Waals surface area contributed by atoms with Crippen molar-refractivity contribution in [3.63, 3.8) is 0 Å². The fourth-order valence-corrected chi connectivity index (χ4v) is 1.91. The first kappa shape index (κ1) is 14.4. The lowest BCUT2D eigenvalue weighted by Gasteiger charge is -2.22. The molecule has 108 valence electrons. The number of aromatic nitrogens is 2. The third kappa shape index (κ3) is 3.53. The van der Waals surface area contributed by atoms with Crippen molar-refractivity contribution >= 4 is 11.5 Å². The quantitative estimate of drug-likeness (QED) is 0.876. The highest BCUT2D eigenvalue weighted by Crippen LogP contribution is 2.33. The van der Waals surface area contributed by atoms with Crippen LogP contribution in [-0.2, 0) is 5.41 Å². The van der Waals surface area contributed by atoms with Gasteiger partial charge in [-0.05, 0) is 37.0 Å². The summed E-state index contributed by atoms with van der Waals surface area (Å²) >= 11 is 0. The van der Waals surface area contributed by atoms with E-state index in [0.29, 0.717) is 0 Å². The van der Waals surface area contributed by atoms with Gasteiger partial charge in [-0.15, -0.1) is 0 Å². The average molecular weight is 273 g/mol. The number of benzene rings is 1. The van der Waals surface area contributed by atoms with Gasteiger partial charge < -0.3 is 10.1 Å². The summed E-state index contributed by atoms with van der Waals surface area (Å²) in [7, 11) is 0. The molecule has 1 aromatic heterocycles. The molecule has 0 aliphatic heterocycles. The number of nitrogens with one attached hydrogen (secondary N) is 2. The average Bonchev–Trinajstić information content (AvgIpc) is 2.82. The topological polar surface area (TPSA) is 49.9 Å². The largest absolute Gasteiger partial charge is 0.489 e. The Kier molecular flexibility index (Phi) is 4.02. The van der Waals surface area contributed by atoms with E-state index in [4.69, 9.17) is 4.74 Å². The second kappa shape index (κ2) is 5.57. The van der Waals surface area contributed by atoms with Crippen molar-refractivity contribution in [2.45, 2.75) is 46.1 Å². The zero-order valence-electron chi connectivity index (χ0n) is 12.8. The van der Waals surface area contributed by atoms with Crippen LogP contribution in [0.4, 0.5) is 11.5 Å². The molecule has 0 radical (unpaired) electrons. The van der Waals surface area contributed by atoms with Crippen LogP contribution in [0.1, 0.15) is 40.2 Å². The van der Waals surface area contributed by atoms with Crippen LogP contribution in [0.25, 0.3) is 0 Å². The zero-order valence-corrected chi connectivity index (χ0v) is 12.8. The van der Waals surface area contributed by atoms with Gasteiger partial charge in [0.05, 0.1) is 18.0 Å². The second-order valence-electron chi connectivity index (χ2n) is 6.22. The minimum atomic E-state index is 0.0988. The molecule has 20 heavy (non-hydrogen) atoms. The van der Waals surface area contributed by atoms with E-state index in [0.717, 1.165) is 17.3 Å². The van der Waals surface area contributed by atoms with Crippen molar-refractivity contribution in [2.24, 2.45) is 0 Å². The summed E-state index contributed by atoms with van der Waals surface area (Å²) in [5.41, 5.74) is 2.29. The molecule has 2 rings (SSSR count). The van der Waals surface area contributed by atoms with E-state index >= 15 is 0 Å². The summed E-state index contributed by atoms with van der Waals surface area (Å²) < 4.78 is 5.93. The fraction of sp³-hybridized carbons (Fsp3) is 0.438. The van der Waals surface area contributed by atoms with Crippen molar-refractivity contribution in [2.75, 3.05) is 5.32 Å². The molecule has 1 aromatic carbocycles. The molecular weight excluding hydrogens is 250 g/mol. The normalized spacial score (nSPS) is 11.7. The van der Waals surface area contributed by atoms with Crippen LogP contribution in [0.3, 0.4) is 0 Å². The second-order valence-corrected chi connectivity index (χ2v) is 6.22. The third-order valence-corrected chi connectivity index (χ3v) is 2.98. The highest BCUT2D eigenvalue weighted by atomic mass is 16.5. The molecule has 0 fully saturated rings. The Hall–Kier alpha value is -1.97. The summed E-state index contributed by atoms with van der Waals surface area (Å²) in [4.78, 5) is 0. The maximum atomic E-state index is 5.93. The van der Waals surface area contributed by atoms with Gasteiger partial charge in [0.25, 0.3) is 0 Å². The van der Waals surface area contributed by atoms with Crippen LogP contribution in [0.2, 0.25) is 0 Å². The number of hydrogen-bond donors (Lipinski definition) is 2. The number of nitrogens with zero attached hydrogens (tertiary/aromatic N) is 1. The Morgan fingerprint density at radius 2 is 1.95 bits per heavy atom. The van der Waals surface area contributed by atoms with Gasteiger partial charge in [0.15, 0.2) is 0 Å². The molecule has 0 saturated heterocycles. The molecule has 0 spiro atoms. The first-order chi connectivity index (χ1) is 9.36. The highest BCUT2D eigenvalue weighted by Gasteiger charge is 2.17. The van der Waals surface area contributed by atoms with Gasteiger partial charge in [0.2, 0.25) is 0 Å². The molecule has 0 saturated carbocycles. The minimum absolute atomic E-state index is 0.0988. The van der Waals surface area contributed by atoms with E-state index in [-0.39, 0.29) is 11.5 Å². The number of ether oxygens (including phenoxy) is 1. The molecule has 0 aliphatic carbocycles. The predicted octanol–water partition coefficient (Wildman–Crippen LogP) is 4.24. The molecule has 0 unspecified atom stereocenters. The summed E-state index contributed by atoms with van der Waals surface area (Å²) in [6.07, 6.45) is 1.85. The monoisotopic (exact) mass is 273 g/mol. The first-order valence-electron chi connectivity index (χ1n) is 6.94. The molecule has 2 N–H and O–H groups in total. The molecule has 0 atom stereocenters. The number of H-pyrrole nitrogens is 1. The maximum Gasteiger partial charge on any atom is 0.143 e. The van der Waals surface area contributed by atoms with Crippen molar-refractivity contribution in [1.82, 2.24) is 10.2 Å². The van der Waals surface area contributed by atoms with Gasteiger partial charge in [-0.1, -0.05) is 26.8 Å². The summed E-state index contributed by atoms with van der Waals surface area (Å²) in [5, 5.41) is 10.1.